The van der Waals surface area contributed by atoms with Gasteiger partial charge in [0.2, 0.25) is 5.91 Å². The number of rotatable bonds is 7. The Morgan fingerprint density at radius 2 is 2.09 bits per heavy atom. The van der Waals surface area contributed by atoms with Crippen molar-refractivity contribution in [1.82, 2.24) is 19.9 Å². The predicted octanol–water partition coefficient (Wildman–Crippen LogP) is 2.62. The Balaban J connectivity index is 1.42. The van der Waals surface area contributed by atoms with Crippen molar-refractivity contribution in [2.75, 3.05) is 23.3 Å². The molecule has 2 N–H and O–H groups in total. The third-order valence-corrected chi connectivity index (χ3v) is 4.79. The molecule has 1 unspecified atom stereocenters. The number of ether oxygens (including phenoxy) is 1. The largest absolute Gasteiger partial charge is 0.442 e. The number of hydrogen-bond donors (Lipinski definition) is 2. The van der Waals surface area contributed by atoms with Crippen LogP contribution in [0.2, 0.25) is 0 Å². The summed E-state index contributed by atoms with van der Waals surface area (Å²) in [7, 11) is 0. The van der Waals surface area contributed by atoms with Gasteiger partial charge in [-0.05, 0) is 30.3 Å². The summed E-state index contributed by atoms with van der Waals surface area (Å²) in [6, 6.07) is 7.20. The number of amides is 2. The van der Waals surface area contributed by atoms with Gasteiger partial charge in [-0.2, -0.15) is 0 Å². The minimum absolute atomic E-state index is 0.192. The molecule has 166 valence electrons. The van der Waals surface area contributed by atoms with E-state index in [2.05, 4.69) is 20.6 Å². The van der Waals surface area contributed by atoms with Crippen molar-refractivity contribution in [2.24, 2.45) is 0 Å². The van der Waals surface area contributed by atoms with E-state index < -0.39 is 23.8 Å². The molecule has 1 aliphatic heterocycles. The van der Waals surface area contributed by atoms with Gasteiger partial charge in [-0.3, -0.25) is 9.69 Å². The van der Waals surface area contributed by atoms with Crippen molar-refractivity contribution < 1.29 is 23.1 Å². The zero-order chi connectivity index (χ0) is 22.7. The number of halogens is 2. The quantitative estimate of drug-likeness (QED) is 0.583. The molecule has 0 radical (unpaired) electrons. The van der Waals surface area contributed by atoms with Crippen molar-refractivity contribution >= 4 is 23.5 Å². The zero-order valence-corrected chi connectivity index (χ0v) is 17.1. The van der Waals surface area contributed by atoms with Gasteiger partial charge in [0.15, 0.2) is 0 Å². The first kappa shape index (κ1) is 21.2. The van der Waals surface area contributed by atoms with E-state index >= 15 is 0 Å². The van der Waals surface area contributed by atoms with Crippen LogP contribution in [0.5, 0.6) is 0 Å². The second-order valence-electron chi connectivity index (χ2n) is 7.18. The average Bonchev–Trinajstić information content (AvgIpc) is 3.38. The number of cyclic esters (lactones) is 1. The van der Waals surface area contributed by atoms with Gasteiger partial charge in [0.1, 0.15) is 23.6 Å². The maximum atomic E-state index is 14.8. The number of nitrogens with one attached hydrogen (secondary N) is 2. The van der Waals surface area contributed by atoms with E-state index in [1.54, 1.807) is 18.3 Å². The lowest BCUT2D eigenvalue weighted by Crippen LogP contribution is -2.33. The van der Waals surface area contributed by atoms with Crippen LogP contribution in [0.3, 0.4) is 0 Å². The molecule has 0 spiro atoms. The second kappa shape index (κ2) is 9.00. The molecule has 1 aromatic carbocycles. The zero-order valence-electron chi connectivity index (χ0n) is 17.1. The molecule has 11 heteroatoms. The maximum absolute atomic E-state index is 14.8. The van der Waals surface area contributed by atoms with Crippen molar-refractivity contribution in [3.05, 3.63) is 66.4 Å². The normalized spacial score (nSPS) is 15.5. The molecule has 1 atom stereocenters. The summed E-state index contributed by atoms with van der Waals surface area (Å²) in [4.78, 5) is 32.6. The van der Waals surface area contributed by atoms with Crippen LogP contribution in [-0.2, 0) is 16.1 Å². The number of carbonyl (C=O) groups excluding carboxylic acids is 2. The van der Waals surface area contributed by atoms with Gasteiger partial charge >= 0.3 is 6.09 Å². The van der Waals surface area contributed by atoms with E-state index in [0.717, 1.165) is 6.20 Å². The van der Waals surface area contributed by atoms with Gasteiger partial charge in [-0.15, -0.1) is 0 Å². The monoisotopic (exact) mass is 442 g/mol. The van der Waals surface area contributed by atoms with Crippen molar-refractivity contribution in [3.8, 4) is 5.69 Å². The highest BCUT2D eigenvalue weighted by atomic mass is 19.1. The highest BCUT2D eigenvalue weighted by Gasteiger charge is 2.32. The van der Waals surface area contributed by atoms with Crippen LogP contribution < -0.4 is 15.5 Å². The molecule has 1 fully saturated rings. The number of benzene rings is 1. The summed E-state index contributed by atoms with van der Waals surface area (Å²) < 4.78 is 34.5. The van der Waals surface area contributed by atoms with Crippen LogP contribution >= 0.6 is 0 Å². The molecular weight excluding hydrogens is 422 g/mol. The van der Waals surface area contributed by atoms with Crippen LogP contribution in [0.15, 0.2) is 49.1 Å². The molecule has 0 saturated carbocycles. The number of anilines is 2. The fourth-order valence-corrected chi connectivity index (χ4v) is 3.22. The Morgan fingerprint density at radius 3 is 2.81 bits per heavy atom. The first-order chi connectivity index (χ1) is 15.4. The van der Waals surface area contributed by atoms with E-state index in [-0.39, 0.29) is 24.7 Å². The van der Waals surface area contributed by atoms with Gasteiger partial charge in [0.05, 0.1) is 49.2 Å². The lowest BCUT2D eigenvalue weighted by Gasteiger charge is -2.14. The van der Waals surface area contributed by atoms with Crippen molar-refractivity contribution in [1.29, 1.82) is 0 Å². The number of hydrogen-bond acceptors (Lipinski definition) is 6. The minimum Gasteiger partial charge on any atom is -0.442 e. The molecule has 3 heterocycles. The third-order valence-electron chi connectivity index (χ3n) is 4.79. The van der Waals surface area contributed by atoms with Gasteiger partial charge < -0.3 is 19.9 Å². The van der Waals surface area contributed by atoms with E-state index in [4.69, 9.17) is 4.74 Å². The SMILES string of the molecule is CC(=O)NCC1CN(c2ccc(-n3cnc(CNc4ccc(F)cn4)c3)c(F)c2)C(=O)O1. The van der Waals surface area contributed by atoms with E-state index in [0.29, 0.717) is 23.7 Å². The Bertz CT molecular complexity index is 1130. The Morgan fingerprint density at radius 1 is 1.25 bits per heavy atom. The van der Waals surface area contributed by atoms with Gasteiger partial charge in [-0.1, -0.05) is 0 Å². The molecule has 0 bridgehead atoms. The highest BCUT2D eigenvalue weighted by Crippen LogP contribution is 2.25. The van der Waals surface area contributed by atoms with Crippen LogP contribution in [0.1, 0.15) is 12.6 Å². The smallest absolute Gasteiger partial charge is 0.414 e. The molecule has 2 amide bonds. The van der Waals surface area contributed by atoms with Crippen LogP contribution in [0.25, 0.3) is 5.69 Å². The first-order valence-electron chi connectivity index (χ1n) is 9.80. The molecule has 32 heavy (non-hydrogen) atoms. The number of nitrogens with zero attached hydrogens (tertiary/aromatic N) is 4. The summed E-state index contributed by atoms with van der Waals surface area (Å²) in [5.41, 5.74) is 1.24. The van der Waals surface area contributed by atoms with Crippen LogP contribution in [0.4, 0.5) is 25.1 Å². The lowest BCUT2D eigenvalue weighted by atomic mass is 10.2. The average molecular weight is 442 g/mol. The summed E-state index contributed by atoms with van der Waals surface area (Å²) in [5, 5.41) is 5.60. The van der Waals surface area contributed by atoms with Gasteiger partial charge in [-0.25, -0.2) is 23.5 Å². The number of imidazole rings is 1. The Kier molecular flexibility index (Phi) is 5.97. The molecule has 3 aromatic rings. The first-order valence-corrected chi connectivity index (χ1v) is 9.80. The Hall–Kier alpha value is -4.02. The van der Waals surface area contributed by atoms with Gasteiger partial charge in [0.25, 0.3) is 0 Å². The highest BCUT2D eigenvalue weighted by molar-refractivity contribution is 5.90. The topological polar surface area (TPSA) is 101 Å². The molecule has 1 saturated heterocycles. The predicted molar refractivity (Wildman–Crippen MR) is 111 cm³/mol. The third kappa shape index (κ3) is 4.82. The number of aromatic nitrogens is 3. The van der Waals surface area contributed by atoms with Crippen LogP contribution in [-0.4, -0.2) is 45.7 Å². The lowest BCUT2D eigenvalue weighted by molar-refractivity contribution is -0.119. The fourth-order valence-electron chi connectivity index (χ4n) is 3.22. The van der Waals surface area contributed by atoms with Crippen LogP contribution in [0, 0.1) is 11.6 Å². The van der Waals surface area contributed by atoms with Crippen molar-refractivity contribution in [3.63, 3.8) is 0 Å². The number of pyridine rings is 1. The molecule has 1 aliphatic rings. The second-order valence-corrected chi connectivity index (χ2v) is 7.18. The maximum Gasteiger partial charge on any atom is 0.414 e. The Labute approximate surface area is 182 Å². The molecular formula is C21H20F2N6O3. The number of carbonyl (C=O) groups is 2. The molecule has 0 aliphatic carbocycles. The standard InChI is InChI=1S/C21H20F2N6O3/c1-13(30)24-9-17-11-29(21(31)32-17)16-3-4-19(18(23)6-16)28-10-15(27-12-28)8-26-20-5-2-14(22)7-25-20/h2-7,10,12,17H,8-9,11H2,1H3,(H,24,30)(H,25,26). The van der Waals surface area contributed by atoms with E-state index in [1.807, 2.05) is 0 Å². The summed E-state index contributed by atoms with van der Waals surface area (Å²) in [6.07, 6.45) is 3.13. The molecule has 4 rings (SSSR count). The minimum atomic E-state index is -0.599. The molecule has 2 aromatic heterocycles. The van der Waals surface area contributed by atoms with Gasteiger partial charge in [0, 0.05) is 13.1 Å². The fraction of sp³-hybridized carbons (Fsp3) is 0.238. The van der Waals surface area contributed by atoms with E-state index in [9.17, 15) is 18.4 Å². The summed E-state index contributed by atoms with van der Waals surface area (Å²) >= 11 is 0. The molecule has 9 nitrogen and oxygen atoms in total. The summed E-state index contributed by atoms with van der Waals surface area (Å²) in [6.45, 7) is 2.09. The van der Waals surface area contributed by atoms with E-state index in [1.165, 1.54) is 40.9 Å². The van der Waals surface area contributed by atoms with Crippen molar-refractivity contribution in [2.45, 2.75) is 19.6 Å². The summed E-state index contributed by atoms with van der Waals surface area (Å²) in [5.74, 6) is -0.702.